The van der Waals surface area contributed by atoms with Gasteiger partial charge in [-0.15, -0.1) is 0 Å². The van der Waals surface area contributed by atoms with Crippen molar-refractivity contribution in [3.63, 3.8) is 0 Å². The fourth-order valence-electron chi connectivity index (χ4n) is 2.78. The highest BCUT2D eigenvalue weighted by Gasteiger charge is 2.65. The molecular formula is C12H12O2. The summed E-state index contributed by atoms with van der Waals surface area (Å²) in [6.45, 7) is 0. The Morgan fingerprint density at radius 3 is 3.00 bits per heavy atom. The van der Waals surface area contributed by atoms with E-state index in [1.54, 1.807) is 0 Å². The van der Waals surface area contributed by atoms with Crippen LogP contribution in [0.2, 0.25) is 0 Å². The molecule has 0 radical (unpaired) electrons. The third-order valence-corrected chi connectivity index (χ3v) is 3.60. The summed E-state index contributed by atoms with van der Waals surface area (Å²) in [4.78, 5) is 11.6. The summed E-state index contributed by atoms with van der Waals surface area (Å²) in [6.07, 6.45) is 1.86. The van der Waals surface area contributed by atoms with Crippen LogP contribution in [-0.4, -0.2) is 13.1 Å². The molecule has 2 nitrogen and oxygen atoms in total. The number of methoxy groups -OCH3 is 1. The van der Waals surface area contributed by atoms with Gasteiger partial charge < -0.3 is 4.74 Å². The van der Waals surface area contributed by atoms with Crippen molar-refractivity contribution in [2.24, 2.45) is 5.41 Å². The highest BCUT2D eigenvalue weighted by atomic mass is 16.5. The van der Waals surface area contributed by atoms with Crippen molar-refractivity contribution in [2.75, 3.05) is 7.11 Å². The summed E-state index contributed by atoms with van der Waals surface area (Å²) in [6, 6.07) is 8.34. The Kier molecular flexibility index (Phi) is 1.37. The quantitative estimate of drug-likeness (QED) is 0.629. The first-order valence-corrected chi connectivity index (χ1v) is 4.94. The molecule has 0 saturated heterocycles. The van der Waals surface area contributed by atoms with Crippen molar-refractivity contribution in [1.82, 2.24) is 0 Å². The van der Waals surface area contributed by atoms with Gasteiger partial charge in [0.2, 0.25) is 0 Å². The molecule has 3 rings (SSSR count). The van der Waals surface area contributed by atoms with Crippen molar-refractivity contribution in [3.8, 4) is 0 Å². The molecule has 2 aliphatic carbocycles. The molecule has 1 saturated carbocycles. The number of rotatable bonds is 1. The summed E-state index contributed by atoms with van der Waals surface area (Å²) in [7, 11) is 1.48. The monoisotopic (exact) mass is 188 g/mol. The summed E-state index contributed by atoms with van der Waals surface area (Å²) < 4.78 is 4.87. The molecule has 2 aliphatic rings. The molecule has 0 heterocycles. The molecule has 72 valence electrons. The second-order valence-corrected chi connectivity index (χ2v) is 4.28. The zero-order valence-corrected chi connectivity index (χ0v) is 8.12. The smallest absolute Gasteiger partial charge is 0.312 e. The lowest BCUT2D eigenvalue weighted by Gasteiger charge is -2.08. The van der Waals surface area contributed by atoms with Gasteiger partial charge in [0.15, 0.2) is 0 Å². The Balaban J connectivity index is 2.00. The topological polar surface area (TPSA) is 26.3 Å². The second kappa shape index (κ2) is 2.38. The van der Waals surface area contributed by atoms with Crippen LogP contribution >= 0.6 is 0 Å². The van der Waals surface area contributed by atoms with E-state index < -0.39 is 0 Å². The first-order valence-electron chi connectivity index (χ1n) is 4.94. The lowest BCUT2D eigenvalue weighted by Crippen LogP contribution is -2.18. The number of fused-ring (bicyclic) bond motifs is 3. The third kappa shape index (κ3) is 0.788. The molecule has 0 spiro atoms. The maximum atomic E-state index is 11.6. The average molecular weight is 188 g/mol. The van der Waals surface area contributed by atoms with Gasteiger partial charge in [-0.2, -0.15) is 0 Å². The minimum Gasteiger partial charge on any atom is -0.469 e. The lowest BCUT2D eigenvalue weighted by atomic mass is 10.0. The maximum absolute atomic E-state index is 11.6. The average Bonchev–Trinajstić information content (AvgIpc) is 2.86. The fraction of sp³-hybridized carbons (Fsp3) is 0.417. The summed E-state index contributed by atoms with van der Waals surface area (Å²) in [5, 5.41) is 0. The van der Waals surface area contributed by atoms with Gasteiger partial charge in [0.25, 0.3) is 0 Å². The van der Waals surface area contributed by atoms with Crippen LogP contribution in [0.3, 0.4) is 0 Å². The fourth-order valence-corrected chi connectivity index (χ4v) is 2.78. The van der Waals surface area contributed by atoms with Gasteiger partial charge in [-0.05, 0) is 24.0 Å². The van der Waals surface area contributed by atoms with Gasteiger partial charge in [0, 0.05) is 5.92 Å². The number of benzene rings is 1. The highest BCUT2D eigenvalue weighted by molar-refractivity contribution is 5.84. The van der Waals surface area contributed by atoms with E-state index in [4.69, 9.17) is 4.74 Å². The molecule has 2 heteroatoms. The predicted octanol–water partition coefficient (Wildman–Crippen LogP) is 1.89. The lowest BCUT2D eigenvalue weighted by molar-refractivity contribution is -0.147. The molecule has 1 fully saturated rings. The van der Waals surface area contributed by atoms with Crippen molar-refractivity contribution < 1.29 is 9.53 Å². The third-order valence-electron chi connectivity index (χ3n) is 3.60. The van der Waals surface area contributed by atoms with Crippen molar-refractivity contribution in [1.29, 1.82) is 0 Å². The Bertz CT molecular complexity index is 411. The SMILES string of the molecule is COC(=O)C12Cc3ccccc3C1C2. The number of esters is 1. The standard InChI is InChI=1S/C12H12O2/c1-14-11(13)12-6-8-4-2-3-5-9(8)10(12)7-12/h2-5,10H,6-7H2,1H3. The number of ether oxygens (including phenoxy) is 1. The van der Waals surface area contributed by atoms with Gasteiger partial charge >= 0.3 is 5.97 Å². The van der Waals surface area contributed by atoms with Crippen LogP contribution in [0.25, 0.3) is 0 Å². The minimum absolute atomic E-state index is 0.0290. The van der Waals surface area contributed by atoms with Crippen LogP contribution in [0.1, 0.15) is 23.5 Å². The zero-order valence-electron chi connectivity index (χ0n) is 8.12. The molecule has 0 amide bonds. The Labute approximate surface area is 82.9 Å². The molecule has 0 bridgehead atoms. The Hall–Kier alpha value is -1.31. The zero-order chi connectivity index (χ0) is 9.76. The molecule has 2 unspecified atom stereocenters. The second-order valence-electron chi connectivity index (χ2n) is 4.28. The maximum Gasteiger partial charge on any atom is 0.312 e. The van der Waals surface area contributed by atoms with E-state index >= 15 is 0 Å². The van der Waals surface area contributed by atoms with E-state index in [-0.39, 0.29) is 11.4 Å². The number of hydrogen-bond donors (Lipinski definition) is 0. The van der Waals surface area contributed by atoms with Crippen LogP contribution in [0.15, 0.2) is 24.3 Å². The minimum atomic E-state index is -0.182. The summed E-state index contributed by atoms with van der Waals surface area (Å²) in [5.41, 5.74) is 2.50. The molecular weight excluding hydrogens is 176 g/mol. The van der Waals surface area contributed by atoms with Crippen LogP contribution in [0, 0.1) is 5.41 Å². The Morgan fingerprint density at radius 2 is 2.29 bits per heavy atom. The number of carbonyl (C=O) groups is 1. The highest BCUT2D eigenvalue weighted by Crippen LogP contribution is 2.67. The van der Waals surface area contributed by atoms with E-state index in [0.717, 1.165) is 12.8 Å². The van der Waals surface area contributed by atoms with E-state index in [1.807, 2.05) is 12.1 Å². The molecule has 14 heavy (non-hydrogen) atoms. The van der Waals surface area contributed by atoms with E-state index in [0.29, 0.717) is 5.92 Å². The normalized spacial score (nSPS) is 31.9. The molecule has 0 aromatic heterocycles. The van der Waals surface area contributed by atoms with Gasteiger partial charge in [-0.3, -0.25) is 4.79 Å². The summed E-state index contributed by atoms with van der Waals surface area (Å²) in [5.74, 6) is 0.407. The van der Waals surface area contributed by atoms with Gasteiger partial charge in [-0.1, -0.05) is 24.3 Å². The molecule has 0 N–H and O–H groups in total. The van der Waals surface area contributed by atoms with Gasteiger partial charge in [-0.25, -0.2) is 0 Å². The number of hydrogen-bond acceptors (Lipinski definition) is 2. The van der Waals surface area contributed by atoms with E-state index in [2.05, 4.69) is 12.1 Å². The van der Waals surface area contributed by atoms with Crippen LogP contribution in [-0.2, 0) is 16.0 Å². The van der Waals surface area contributed by atoms with Crippen molar-refractivity contribution in [3.05, 3.63) is 35.4 Å². The van der Waals surface area contributed by atoms with E-state index in [9.17, 15) is 4.79 Å². The van der Waals surface area contributed by atoms with Gasteiger partial charge in [0.1, 0.15) is 0 Å². The Morgan fingerprint density at radius 1 is 1.50 bits per heavy atom. The van der Waals surface area contributed by atoms with Crippen molar-refractivity contribution in [2.45, 2.75) is 18.8 Å². The van der Waals surface area contributed by atoms with Crippen LogP contribution in [0.5, 0.6) is 0 Å². The molecule has 1 aromatic carbocycles. The first kappa shape index (κ1) is 8.04. The largest absolute Gasteiger partial charge is 0.469 e. The molecule has 0 aliphatic heterocycles. The first-order chi connectivity index (χ1) is 6.78. The molecule has 1 aromatic rings. The van der Waals surface area contributed by atoms with Crippen molar-refractivity contribution >= 4 is 5.97 Å². The van der Waals surface area contributed by atoms with Gasteiger partial charge in [0.05, 0.1) is 12.5 Å². The van der Waals surface area contributed by atoms with Crippen LogP contribution in [0.4, 0.5) is 0 Å². The predicted molar refractivity (Wildman–Crippen MR) is 52.0 cm³/mol. The number of carbonyl (C=O) groups excluding carboxylic acids is 1. The molecule has 2 atom stereocenters. The van der Waals surface area contributed by atoms with Crippen LogP contribution < -0.4 is 0 Å². The van der Waals surface area contributed by atoms with E-state index in [1.165, 1.54) is 18.2 Å². The summed E-state index contributed by atoms with van der Waals surface area (Å²) >= 11 is 0.